The fraction of sp³-hybridized carbons (Fsp3) is 0.588. The Balaban J connectivity index is 1.87. The minimum Gasteiger partial charge on any atom is -0.387 e. The molecule has 0 aliphatic heterocycles. The van der Waals surface area contributed by atoms with Crippen LogP contribution in [0.2, 0.25) is 0 Å². The van der Waals surface area contributed by atoms with Gasteiger partial charge in [-0.2, -0.15) is 5.26 Å². The van der Waals surface area contributed by atoms with Gasteiger partial charge in [0.15, 0.2) is 0 Å². The average Bonchev–Trinajstić information content (AvgIpc) is 2.69. The van der Waals surface area contributed by atoms with Crippen molar-refractivity contribution < 1.29 is 5.11 Å². The van der Waals surface area contributed by atoms with Crippen LogP contribution in [0.5, 0.6) is 0 Å². The number of aliphatic hydroxyl groups excluding tert-OH is 1. The molecule has 0 radical (unpaired) electrons. The first-order chi connectivity index (χ1) is 9.70. The van der Waals surface area contributed by atoms with Crippen LogP contribution in [0.1, 0.15) is 56.3 Å². The van der Waals surface area contributed by atoms with Crippen LogP contribution in [-0.2, 0) is 0 Å². The molecule has 0 spiro atoms. The summed E-state index contributed by atoms with van der Waals surface area (Å²) in [5, 5.41) is 22.5. The van der Waals surface area contributed by atoms with Crippen molar-refractivity contribution in [3.63, 3.8) is 0 Å². The number of rotatable bonds is 4. The van der Waals surface area contributed by atoms with Crippen LogP contribution >= 0.6 is 0 Å². The van der Waals surface area contributed by atoms with Gasteiger partial charge in [-0.25, -0.2) is 0 Å². The smallest absolute Gasteiger partial charge is 0.0991 e. The first kappa shape index (κ1) is 15.0. The predicted octanol–water partition coefficient (Wildman–Crippen LogP) is 3.15. The Labute approximate surface area is 121 Å². The maximum atomic E-state index is 10.2. The molecule has 0 heterocycles. The molecule has 0 bridgehead atoms. The van der Waals surface area contributed by atoms with Crippen LogP contribution in [0.3, 0.4) is 0 Å². The van der Waals surface area contributed by atoms with E-state index in [1.807, 2.05) is 12.1 Å². The number of hydrogen-bond acceptors (Lipinski definition) is 3. The maximum absolute atomic E-state index is 10.2. The lowest BCUT2D eigenvalue weighted by molar-refractivity contribution is 0.163. The molecule has 0 aromatic heterocycles. The SMILES string of the molecule is CC1CCCCCC1NCC(O)c1ccc(C#N)cc1. The van der Waals surface area contributed by atoms with Crippen LogP contribution in [-0.4, -0.2) is 17.7 Å². The summed E-state index contributed by atoms with van der Waals surface area (Å²) in [7, 11) is 0. The predicted molar refractivity (Wildman–Crippen MR) is 80.2 cm³/mol. The van der Waals surface area contributed by atoms with Gasteiger partial charge in [0.1, 0.15) is 0 Å². The van der Waals surface area contributed by atoms with E-state index in [2.05, 4.69) is 18.3 Å². The molecule has 3 unspecified atom stereocenters. The lowest BCUT2D eigenvalue weighted by atomic mass is 9.96. The van der Waals surface area contributed by atoms with Gasteiger partial charge < -0.3 is 10.4 Å². The Hall–Kier alpha value is -1.37. The third-order valence-corrected chi connectivity index (χ3v) is 4.36. The lowest BCUT2D eigenvalue weighted by Crippen LogP contribution is -2.37. The molecule has 3 nitrogen and oxygen atoms in total. The molecule has 2 rings (SSSR count). The Morgan fingerprint density at radius 2 is 1.95 bits per heavy atom. The Morgan fingerprint density at radius 1 is 1.25 bits per heavy atom. The number of hydrogen-bond donors (Lipinski definition) is 2. The number of nitrogens with one attached hydrogen (secondary N) is 1. The largest absolute Gasteiger partial charge is 0.387 e. The van der Waals surface area contributed by atoms with E-state index in [9.17, 15) is 5.11 Å². The van der Waals surface area contributed by atoms with Crippen molar-refractivity contribution in [3.8, 4) is 6.07 Å². The molecule has 3 atom stereocenters. The van der Waals surface area contributed by atoms with Crippen molar-refractivity contribution in [1.29, 1.82) is 5.26 Å². The molecule has 0 amide bonds. The molecule has 108 valence electrons. The standard InChI is InChI=1S/C17H24N2O/c1-13-5-3-2-4-6-16(13)19-12-17(20)15-9-7-14(11-18)8-10-15/h7-10,13,16-17,19-20H,2-6,12H2,1H3. The van der Waals surface area contributed by atoms with E-state index in [4.69, 9.17) is 5.26 Å². The minimum absolute atomic E-state index is 0.502. The van der Waals surface area contributed by atoms with Crippen LogP contribution < -0.4 is 5.32 Å². The Bertz CT molecular complexity index is 449. The molecule has 1 aromatic carbocycles. The third kappa shape index (κ3) is 4.06. The number of nitriles is 1. The highest BCUT2D eigenvalue weighted by Crippen LogP contribution is 2.23. The number of nitrogens with zero attached hydrogens (tertiary/aromatic N) is 1. The van der Waals surface area contributed by atoms with E-state index in [0.29, 0.717) is 24.1 Å². The third-order valence-electron chi connectivity index (χ3n) is 4.36. The minimum atomic E-state index is -0.502. The van der Waals surface area contributed by atoms with Crippen molar-refractivity contribution in [2.45, 2.75) is 51.2 Å². The van der Waals surface area contributed by atoms with Crippen molar-refractivity contribution in [3.05, 3.63) is 35.4 Å². The van der Waals surface area contributed by atoms with Crippen LogP contribution in [0.15, 0.2) is 24.3 Å². The van der Waals surface area contributed by atoms with Crippen LogP contribution in [0.25, 0.3) is 0 Å². The fourth-order valence-corrected chi connectivity index (χ4v) is 2.96. The highest BCUT2D eigenvalue weighted by molar-refractivity contribution is 5.32. The van der Waals surface area contributed by atoms with E-state index in [0.717, 1.165) is 5.56 Å². The van der Waals surface area contributed by atoms with Crippen LogP contribution in [0.4, 0.5) is 0 Å². The molecule has 20 heavy (non-hydrogen) atoms. The number of aliphatic hydroxyl groups is 1. The Morgan fingerprint density at radius 3 is 2.65 bits per heavy atom. The second-order valence-electron chi connectivity index (χ2n) is 5.88. The summed E-state index contributed by atoms with van der Waals surface area (Å²) in [6.07, 6.45) is 5.94. The summed E-state index contributed by atoms with van der Waals surface area (Å²) in [6.45, 7) is 2.89. The van der Waals surface area contributed by atoms with Gasteiger partial charge in [0.2, 0.25) is 0 Å². The van der Waals surface area contributed by atoms with Gasteiger partial charge in [-0.05, 0) is 36.5 Å². The van der Waals surface area contributed by atoms with Gasteiger partial charge in [-0.1, -0.05) is 38.3 Å². The van der Waals surface area contributed by atoms with Gasteiger partial charge in [-0.15, -0.1) is 0 Å². The molecule has 1 aliphatic carbocycles. The molecule has 1 aliphatic rings. The molecule has 0 saturated heterocycles. The Kier molecular flexibility index (Phi) is 5.58. The highest BCUT2D eigenvalue weighted by Gasteiger charge is 2.20. The van der Waals surface area contributed by atoms with Gasteiger partial charge in [-0.3, -0.25) is 0 Å². The second kappa shape index (κ2) is 7.42. The van der Waals surface area contributed by atoms with Gasteiger partial charge in [0, 0.05) is 12.6 Å². The summed E-state index contributed by atoms with van der Waals surface area (Å²) < 4.78 is 0. The van der Waals surface area contributed by atoms with Crippen molar-refractivity contribution in [2.75, 3.05) is 6.54 Å². The van der Waals surface area contributed by atoms with Crippen molar-refractivity contribution in [2.24, 2.45) is 5.92 Å². The van der Waals surface area contributed by atoms with E-state index >= 15 is 0 Å². The summed E-state index contributed by atoms with van der Waals surface area (Å²) in [5.41, 5.74) is 1.50. The van der Waals surface area contributed by atoms with Gasteiger partial charge in [0.25, 0.3) is 0 Å². The zero-order chi connectivity index (χ0) is 14.4. The summed E-state index contributed by atoms with van der Waals surface area (Å²) in [6, 6.07) is 9.79. The number of benzene rings is 1. The average molecular weight is 272 g/mol. The molecular weight excluding hydrogens is 248 g/mol. The first-order valence-corrected chi connectivity index (χ1v) is 7.62. The van der Waals surface area contributed by atoms with Crippen molar-refractivity contribution >= 4 is 0 Å². The van der Waals surface area contributed by atoms with Crippen molar-refractivity contribution in [1.82, 2.24) is 5.32 Å². The lowest BCUT2D eigenvalue weighted by Gasteiger charge is -2.24. The zero-order valence-corrected chi connectivity index (χ0v) is 12.2. The highest BCUT2D eigenvalue weighted by atomic mass is 16.3. The molecule has 3 heteroatoms. The first-order valence-electron chi connectivity index (χ1n) is 7.62. The topological polar surface area (TPSA) is 56.0 Å². The normalized spacial score (nSPS) is 24.6. The molecule has 1 fully saturated rings. The molecule has 1 aromatic rings. The second-order valence-corrected chi connectivity index (χ2v) is 5.88. The van der Waals surface area contributed by atoms with E-state index in [1.54, 1.807) is 12.1 Å². The van der Waals surface area contributed by atoms with E-state index in [-0.39, 0.29) is 0 Å². The maximum Gasteiger partial charge on any atom is 0.0991 e. The summed E-state index contributed by atoms with van der Waals surface area (Å²) >= 11 is 0. The summed E-state index contributed by atoms with van der Waals surface area (Å²) in [5.74, 6) is 0.686. The summed E-state index contributed by atoms with van der Waals surface area (Å²) in [4.78, 5) is 0. The van der Waals surface area contributed by atoms with Gasteiger partial charge >= 0.3 is 0 Å². The quantitative estimate of drug-likeness (QED) is 0.828. The monoisotopic (exact) mass is 272 g/mol. The van der Waals surface area contributed by atoms with Crippen LogP contribution in [0, 0.1) is 17.2 Å². The molecular formula is C17H24N2O. The zero-order valence-electron chi connectivity index (χ0n) is 12.2. The fourth-order valence-electron chi connectivity index (χ4n) is 2.96. The van der Waals surface area contributed by atoms with Gasteiger partial charge in [0.05, 0.1) is 17.7 Å². The molecule has 1 saturated carbocycles. The van der Waals surface area contributed by atoms with E-state index in [1.165, 1.54) is 32.1 Å². The van der Waals surface area contributed by atoms with E-state index < -0.39 is 6.10 Å². The molecule has 2 N–H and O–H groups in total.